The van der Waals surface area contributed by atoms with Gasteiger partial charge in [-0.25, -0.2) is 0 Å². The van der Waals surface area contributed by atoms with Crippen molar-refractivity contribution in [1.29, 1.82) is 0 Å². The first-order chi connectivity index (χ1) is 7.12. The SMILES string of the molecule is CCCCCCP(=O)(O)CCCCCC. The van der Waals surface area contributed by atoms with Gasteiger partial charge in [-0.2, -0.15) is 0 Å². The standard InChI is InChI=1S/C12H27O2P/c1-3-5-7-9-11-15(13,14)12-10-8-6-4-2/h3-12H2,1-2H3,(H,13,14). The molecule has 0 radical (unpaired) electrons. The molecule has 0 spiro atoms. The molecular formula is C12H27O2P. The quantitative estimate of drug-likeness (QED) is 0.449. The van der Waals surface area contributed by atoms with Crippen LogP contribution < -0.4 is 0 Å². The van der Waals surface area contributed by atoms with E-state index >= 15 is 0 Å². The number of rotatable bonds is 10. The van der Waals surface area contributed by atoms with Gasteiger partial charge in [-0.3, -0.25) is 4.57 Å². The largest absolute Gasteiger partial charge is 0.344 e. The molecule has 0 saturated heterocycles. The van der Waals surface area contributed by atoms with Crippen molar-refractivity contribution in [2.24, 2.45) is 0 Å². The lowest BCUT2D eigenvalue weighted by molar-refractivity contribution is 0.470. The van der Waals surface area contributed by atoms with E-state index in [1.807, 2.05) is 0 Å². The third-order valence-corrected chi connectivity index (χ3v) is 4.75. The van der Waals surface area contributed by atoms with E-state index in [1.165, 1.54) is 25.7 Å². The summed E-state index contributed by atoms with van der Waals surface area (Å²) in [5.41, 5.74) is 0. The fourth-order valence-electron chi connectivity index (χ4n) is 1.68. The van der Waals surface area contributed by atoms with Crippen molar-refractivity contribution >= 4 is 7.37 Å². The number of unbranched alkanes of at least 4 members (excludes halogenated alkanes) is 6. The molecule has 15 heavy (non-hydrogen) atoms. The zero-order chi connectivity index (χ0) is 11.6. The molecule has 92 valence electrons. The van der Waals surface area contributed by atoms with Crippen LogP contribution in [-0.4, -0.2) is 17.2 Å². The van der Waals surface area contributed by atoms with E-state index in [0.29, 0.717) is 12.3 Å². The molecule has 0 fully saturated rings. The molecule has 0 aromatic rings. The lowest BCUT2D eigenvalue weighted by atomic mass is 10.2. The van der Waals surface area contributed by atoms with E-state index in [4.69, 9.17) is 0 Å². The highest BCUT2D eigenvalue weighted by Crippen LogP contribution is 2.42. The van der Waals surface area contributed by atoms with Gasteiger partial charge in [0, 0.05) is 12.3 Å². The molecule has 3 heteroatoms. The lowest BCUT2D eigenvalue weighted by Crippen LogP contribution is -1.95. The predicted octanol–water partition coefficient (Wildman–Crippen LogP) is 4.42. The summed E-state index contributed by atoms with van der Waals surface area (Å²) in [6.07, 6.45) is 9.90. The molecule has 0 aromatic heterocycles. The minimum absolute atomic E-state index is 0.541. The Morgan fingerprint density at radius 1 is 0.800 bits per heavy atom. The first-order valence-corrected chi connectivity index (χ1v) is 8.46. The van der Waals surface area contributed by atoms with E-state index in [-0.39, 0.29) is 0 Å². The number of hydrogen-bond acceptors (Lipinski definition) is 1. The summed E-state index contributed by atoms with van der Waals surface area (Å²) in [4.78, 5) is 9.67. The summed E-state index contributed by atoms with van der Waals surface area (Å²) in [5, 5.41) is 0. The van der Waals surface area contributed by atoms with Gasteiger partial charge in [0.2, 0.25) is 7.37 Å². The van der Waals surface area contributed by atoms with E-state index in [1.54, 1.807) is 0 Å². The summed E-state index contributed by atoms with van der Waals surface area (Å²) in [6.45, 7) is 4.31. The highest BCUT2D eigenvalue weighted by molar-refractivity contribution is 7.57. The van der Waals surface area contributed by atoms with E-state index < -0.39 is 7.37 Å². The zero-order valence-electron chi connectivity index (χ0n) is 10.4. The van der Waals surface area contributed by atoms with Crippen LogP contribution in [0.5, 0.6) is 0 Å². The molecule has 2 nitrogen and oxygen atoms in total. The van der Waals surface area contributed by atoms with Crippen molar-refractivity contribution in [3.05, 3.63) is 0 Å². The Kier molecular flexibility index (Phi) is 9.54. The van der Waals surface area contributed by atoms with Crippen LogP contribution in [-0.2, 0) is 4.57 Å². The van der Waals surface area contributed by atoms with E-state index in [0.717, 1.165) is 25.7 Å². The van der Waals surface area contributed by atoms with Gasteiger partial charge < -0.3 is 4.89 Å². The van der Waals surface area contributed by atoms with Crippen LogP contribution in [0, 0.1) is 0 Å². The van der Waals surface area contributed by atoms with Crippen LogP contribution in [0.3, 0.4) is 0 Å². The van der Waals surface area contributed by atoms with Crippen molar-refractivity contribution < 1.29 is 9.46 Å². The summed E-state index contributed by atoms with van der Waals surface area (Å²) in [7, 11) is -2.77. The van der Waals surface area contributed by atoms with Crippen LogP contribution in [0.4, 0.5) is 0 Å². The van der Waals surface area contributed by atoms with Gasteiger partial charge in [-0.15, -0.1) is 0 Å². The van der Waals surface area contributed by atoms with Crippen LogP contribution in [0.25, 0.3) is 0 Å². The van der Waals surface area contributed by atoms with Crippen LogP contribution in [0.15, 0.2) is 0 Å². The Balaban J connectivity index is 3.45. The molecule has 0 aromatic carbocycles. The Labute approximate surface area is 94.9 Å². The van der Waals surface area contributed by atoms with Gasteiger partial charge in [0.05, 0.1) is 0 Å². The smallest absolute Gasteiger partial charge is 0.200 e. The third kappa shape index (κ3) is 10.5. The average Bonchev–Trinajstić information content (AvgIpc) is 2.20. The van der Waals surface area contributed by atoms with Crippen molar-refractivity contribution in [2.75, 3.05) is 12.3 Å². The normalized spacial score (nSPS) is 11.9. The molecule has 0 aliphatic carbocycles. The van der Waals surface area contributed by atoms with Crippen molar-refractivity contribution in [3.63, 3.8) is 0 Å². The molecular weight excluding hydrogens is 207 g/mol. The fraction of sp³-hybridized carbons (Fsp3) is 1.00. The van der Waals surface area contributed by atoms with Crippen molar-refractivity contribution in [3.8, 4) is 0 Å². The summed E-state index contributed by atoms with van der Waals surface area (Å²) in [6, 6.07) is 0. The molecule has 0 atom stereocenters. The van der Waals surface area contributed by atoms with E-state index in [2.05, 4.69) is 13.8 Å². The zero-order valence-corrected chi connectivity index (χ0v) is 11.3. The van der Waals surface area contributed by atoms with Crippen LogP contribution >= 0.6 is 7.37 Å². The van der Waals surface area contributed by atoms with Gasteiger partial charge in [-0.1, -0.05) is 52.4 Å². The molecule has 0 rings (SSSR count). The molecule has 0 unspecified atom stereocenters. The second kappa shape index (κ2) is 9.42. The van der Waals surface area contributed by atoms with Crippen LogP contribution in [0.1, 0.15) is 65.2 Å². The predicted molar refractivity (Wildman–Crippen MR) is 67.8 cm³/mol. The highest BCUT2D eigenvalue weighted by atomic mass is 31.2. The lowest BCUT2D eigenvalue weighted by Gasteiger charge is -2.10. The molecule has 0 amide bonds. The maximum absolute atomic E-state index is 11.7. The van der Waals surface area contributed by atoms with Crippen LogP contribution in [0.2, 0.25) is 0 Å². The minimum atomic E-state index is -2.77. The van der Waals surface area contributed by atoms with Crippen molar-refractivity contribution in [1.82, 2.24) is 0 Å². The summed E-state index contributed by atoms with van der Waals surface area (Å²) in [5.74, 6) is 0. The molecule has 1 N–H and O–H groups in total. The molecule has 0 heterocycles. The Morgan fingerprint density at radius 3 is 1.53 bits per heavy atom. The van der Waals surface area contributed by atoms with Gasteiger partial charge in [-0.05, 0) is 12.8 Å². The molecule has 0 bridgehead atoms. The Bertz CT molecular complexity index is 164. The minimum Gasteiger partial charge on any atom is -0.344 e. The monoisotopic (exact) mass is 234 g/mol. The second-order valence-corrected chi connectivity index (χ2v) is 7.00. The fourth-order valence-corrected chi connectivity index (χ4v) is 3.34. The molecule has 0 aliphatic rings. The molecule has 0 aliphatic heterocycles. The van der Waals surface area contributed by atoms with Crippen molar-refractivity contribution in [2.45, 2.75) is 65.2 Å². The number of hydrogen-bond donors (Lipinski definition) is 1. The first-order valence-electron chi connectivity index (χ1n) is 6.43. The van der Waals surface area contributed by atoms with Gasteiger partial charge in [0.1, 0.15) is 0 Å². The third-order valence-electron chi connectivity index (χ3n) is 2.72. The average molecular weight is 234 g/mol. The maximum Gasteiger partial charge on any atom is 0.200 e. The maximum atomic E-state index is 11.7. The van der Waals surface area contributed by atoms with Gasteiger partial charge in [0.25, 0.3) is 0 Å². The van der Waals surface area contributed by atoms with E-state index in [9.17, 15) is 9.46 Å². The summed E-state index contributed by atoms with van der Waals surface area (Å²) < 4.78 is 11.7. The Morgan fingerprint density at radius 2 is 1.20 bits per heavy atom. The summed E-state index contributed by atoms with van der Waals surface area (Å²) >= 11 is 0. The second-order valence-electron chi connectivity index (χ2n) is 4.41. The van der Waals surface area contributed by atoms with Gasteiger partial charge >= 0.3 is 0 Å². The molecule has 0 saturated carbocycles. The first kappa shape index (κ1) is 15.2. The highest BCUT2D eigenvalue weighted by Gasteiger charge is 2.16. The Hall–Kier alpha value is 0.190. The van der Waals surface area contributed by atoms with Gasteiger partial charge in [0.15, 0.2) is 0 Å². The topological polar surface area (TPSA) is 37.3 Å².